The van der Waals surface area contributed by atoms with Crippen LogP contribution in [-0.4, -0.2) is 32.0 Å². The van der Waals surface area contributed by atoms with Gasteiger partial charge in [0.25, 0.3) is 0 Å². The topological polar surface area (TPSA) is 90.2 Å². The highest BCUT2D eigenvalue weighted by Crippen LogP contribution is 2.40. The van der Waals surface area contributed by atoms with Crippen molar-refractivity contribution in [1.82, 2.24) is 5.32 Å². The van der Waals surface area contributed by atoms with Crippen LogP contribution in [0.5, 0.6) is 11.5 Å². The van der Waals surface area contributed by atoms with Crippen molar-refractivity contribution in [1.29, 1.82) is 0 Å². The maximum Gasteiger partial charge on any atom is 0.408 e. The molecule has 2 aromatic carbocycles. The first-order valence-electron chi connectivity index (χ1n) is 9.04. The van der Waals surface area contributed by atoms with Crippen molar-refractivity contribution in [3.63, 3.8) is 0 Å². The number of methoxy groups -OCH3 is 2. The van der Waals surface area contributed by atoms with Gasteiger partial charge >= 0.3 is 6.09 Å². The van der Waals surface area contributed by atoms with Crippen LogP contribution in [0.1, 0.15) is 17.2 Å². The number of benzene rings is 2. The first kappa shape index (κ1) is 20.3. The summed E-state index contributed by atoms with van der Waals surface area (Å²) in [5.74, 6) is 1.57. The maximum atomic E-state index is 12.3. The molecule has 0 aliphatic rings. The number of aliphatic hydroxyl groups is 1. The monoisotopic (exact) mass is 397 g/mol. The predicted octanol–water partition coefficient (Wildman–Crippen LogP) is 3.92. The van der Waals surface area contributed by atoms with Crippen molar-refractivity contribution < 1.29 is 28.5 Å². The van der Waals surface area contributed by atoms with Crippen LogP contribution in [-0.2, 0) is 11.3 Å². The Labute approximate surface area is 168 Å². The molecule has 7 nitrogen and oxygen atoms in total. The van der Waals surface area contributed by atoms with E-state index < -0.39 is 12.1 Å². The van der Waals surface area contributed by atoms with E-state index in [1.807, 2.05) is 30.3 Å². The Morgan fingerprint density at radius 3 is 2.52 bits per heavy atom. The van der Waals surface area contributed by atoms with Gasteiger partial charge < -0.3 is 29.1 Å². The van der Waals surface area contributed by atoms with Crippen LogP contribution in [0.3, 0.4) is 0 Å². The Morgan fingerprint density at radius 2 is 1.90 bits per heavy atom. The minimum absolute atomic E-state index is 0.123. The summed E-state index contributed by atoms with van der Waals surface area (Å²) in [6.07, 6.45) is 0.897. The highest BCUT2D eigenvalue weighted by atomic mass is 16.5. The third-order valence-electron chi connectivity index (χ3n) is 4.38. The minimum Gasteiger partial charge on any atom is -0.497 e. The maximum absolute atomic E-state index is 12.3. The molecule has 7 heteroatoms. The molecule has 0 aliphatic carbocycles. The zero-order chi connectivity index (χ0) is 20.6. The van der Waals surface area contributed by atoms with Crippen LogP contribution in [0.4, 0.5) is 4.79 Å². The van der Waals surface area contributed by atoms with Gasteiger partial charge in [0.05, 0.1) is 38.7 Å². The molecule has 1 amide bonds. The Hall–Kier alpha value is -3.45. The number of aliphatic hydroxyl groups excluding tert-OH is 1. The predicted molar refractivity (Wildman–Crippen MR) is 107 cm³/mol. The third kappa shape index (κ3) is 4.89. The van der Waals surface area contributed by atoms with Crippen molar-refractivity contribution >= 4 is 6.09 Å². The highest BCUT2D eigenvalue weighted by molar-refractivity contribution is 5.73. The van der Waals surface area contributed by atoms with Crippen LogP contribution in [0, 0.1) is 0 Å². The Morgan fingerprint density at radius 1 is 1.10 bits per heavy atom. The smallest absolute Gasteiger partial charge is 0.408 e. The Balaban J connectivity index is 1.84. The first-order valence-corrected chi connectivity index (χ1v) is 9.04. The number of rotatable bonds is 8. The number of carbonyl (C=O) groups excluding carboxylic acids is 1. The quantitative estimate of drug-likeness (QED) is 0.599. The molecule has 0 unspecified atom stereocenters. The van der Waals surface area contributed by atoms with Gasteiger partial charge in [-0.1, -0.05) is 30.3 Å². The van der Waals surface area contributed by atoms with Gasteiger partial charge in [-0.2, -0.15) is 0 Å². The first-order chi connectivity index (χ1) is 14.2. The summed E-state index contributed by atoms with van der Waals surface area (Å²) in [6, 6.07) is 15.6. The van der Waals surface area contributed by atoms with Gasteiger partial charge in [-0.15, -0.1) is 0 Å². The number of alkyl carbamates (subject to hydrolysis) is 1. The van der Waals surface area contributed by atoms with Crippen molar-refractivity contribution in [2.75, 3.05) is 20.8 Å². The lowest BCUT2D eigenvalue weighted by Gasteiger charge is -2.21. The summed E-state index contributed by atoms with van der Waals surface area (Å²) in [5.41, 5.74) is 2.05. The van der Waals surface area contributed by atoms with E-state index >= 15 is 0 Å². The van der Waals surface area contributed by atoms with Crippen LogP contribution >= 0.6 is 0 Å². The van der Waals surface area contributed by atoms with Crippen LogP contribution in [0.25, 0.3) is 11.3 Å². The number of amides is 1. The summed E-state index contributed by atoms with van der Waals surface area (Å²) < 4.78 is 21.7. The number of ether oxygens (including phenoxy) is 3. The summed E-state index contributed by atoms with van der Waals surface area (Å²) in [7, 11) is 3.05. The number of hydrogen-bond donors (Lipinski definition) is 2. The summed E-state index contributed by atoms with van der Waals surface area (Å²) in [6.45, 7) is -0.237. The summed E-state index contributed by atoms with van der Waals surface area (Å²) in [5, 5.41) is 12.6. The zero-order valence-electron chi connectivity index (χ0n) is 16.3. The number of furan rings is 1. The minimum atomic E-state index is -0.767. The number of hydrogen-bond acceptors (Lipinski definition) is 6. The third-order valence-corrected chi connectivity index (χ3v) is 4.38. The van der Waals surface area contributed by atoms with Crippen molar-refractivity contribution in [3.05, 3.63) is 72.0 Å². The van der Waals surface area contributed by atoms with E-state index in [0.29, 0.717) is 28.4 Å². The van der Waals surface area contributed by atoms with E-state index in [1.165, 1.54) is 14.2 Å². The van der Waals surface area contributed by atoms with Gasteiger partial charge in [-0.3, -0.25) is 0 Å². The normalized spacial score (nSPS) is 11.6. The molecule has 0 fully saturated rings. The fourth-order valence-electron chi connectivity index (χ4n) is 2.97. The van der Waals surface area contributed by atoms with Crippen molar-refractivity contribution in [2.24, 2.45) is 0 Å². The Kier molecular flexibility index (Phi) is 6.76. The van der Waals surface area contributed by atoms with E-state index in [0.717, 1.165) is 5.56 Å². The van der Waals surface area contributed by atoms with Crippen LogP contribution in [0.2, 0.25) is 0 Å². The van der Waals surface area contributed by atoms with Gasteiger partial charge in [-0.05, 0) is 29.8 Å². The molecule has 1 aromatic heterocycles. The van der Waals surface area contributed by atoms with Gasteiger partial charge in [0.15, 0.2) is 0 Å². The van der Waals surface area contributed by atoms with E-state index in [9.17, 15) is 9.90 Å². The van der Waals surface area contributed by atoms with Gasteiger partial charge in [0.1, 0.15) is 23.9 Å². The molecule has 0 spiro atoms. The lowest BCUT2D eigenvalue weighted by molar-refractivity contribution is 0.129. The second-order valence-electron chi connectivity index (χ2n) is 6.22. The van der Waals surface area contributed by atoms with Gasteiger partial charge in [0.2, 0.25) is 0 Å². The lowest BCUT2D eigenvalue weighted by atomic mass is 10.00. The number of nitrogens with one attached hydrogen (secondary N) is 1. The fourth-order valence-corrected chi connectivity index (χ4v) is 2.97. The molecule has 1 heterocycles. The van der Waals surface area contributed by atoms with Crippen molar-refractivity contribution in [2.45, 2.75) is 12.6 Å². The molecule has 2 N–H and O–H groups in total. The van der Waals surface area contributed by atoms with Gasteiger partial charge in [0, 0.05) is 5.56 Å². The zero-order valence-corrected chi connectivity index (χ0v) is 16.3. The summed E-state index contributed by atoms with van der Waals surface area (Å²) >= 11 is 0. The van der Waals surface area contributed by atoms with E-state index in [1.54, 1.807) is 30.5 Å². The molecular weight excluding hydrogens is 374 g/mol. The van der Waals surface area contributed by atoms with Crippen molar-refractivity contribution in [3.8, 4) is 22.8 Å². The molecule has 3 rings (SSSR count). The van der Waals surface area contributed by atoms with E-state index in [2.05, 4.69) is 5.32 Å². The molecule has 0 radical (unpaired) electrons. The standard InChI is InChI=1S/C22H23NO6/c1-26-16-11-17(21(27-2)18(12-16)20-9-6-10-28-20)19(13-24)23-22(25)29-14-15-7-4-3-5-8-15/h3-12,19,24H,13-14H2,1-2H3,(H,23,25)/t19-/m0/s1. The second kappa shape index (κ2) is 9.66. The molecular formula is C22H23NO6. The largest absolute Gasteiger partial charge is 0.497 e. The Bertz CT molecular complexity index is 924. The van der Waals surface area contributed by atoms with Gasteiger partial charge in [-0.25, -0.2) is 4.79 Å². The molecule has 0 aliphatic heterocycles. The molecule has 3 aromatic rings. The molecule has 152 valence electrons. The number of carbonyl (C=O) groups is 1. The average Bonchev–Trinajstić information content (AvgIpc) is 3.30. The molecule has 0 saturated heterocycles. The fraction of sp³-hybridized carbons (Fsp3) is 0.227. The SMILES string of the molecule is COc1cc(-c2ccco2)c(OC)c([C@H](CO)NC(=O)OCc2ccccc2)c1. The molecule has 0 saturated carbocycles. The van der Waals surface area contributed by atoms with E-state index in [4.69, 9.17) is 18.6 Å². The van der Waals surface area contributed by atoms with E-state index in [-0.39, 0.29) is 13.2 Å². The molecule has 0 bridgehead atoms. The highest BCUT2D eigenvalue weighted by Gasteiger charge is 2.24. The summed E-state index contributed by atoms with van der Waals surface area (Å²) in [4.78, 5) is 12.3. The average molecular weight is 397 g/mol. The van der Waals surface area contributed by atoms with Crippen LogP contribution < -0.4 is 14.8 Å². The molecule has 1 atom stereocenters. The second-order valence-corrected chi connectivity index (χ2v) is 6.22. The molecule has 29 heavy (non-hydrogen) atoms. The van der Waals surface area contributed by atoms with Crippen LogP contribution in [0.15, 0.2) is 65.3 Å². The lowest BCUT2D eigenvalue weighted by Crippen LogP contribution is -2.31.